The average Bonchev–Trinajstić information content (AvgIpc) is 2.63. The molecule has 1 aromatic rings. The number of anilines is 1. The zero-order valence-corrected chi connectivity index (χ0v) is 8.78. The van der Waals surface area contributed by atoms with E-state index >= 15 is 0 Å². The Morgan fingerprint density at radius 1 is 1.73 bits per heavy atom. The average molecular weight is 213 g/mol. The van der Waals surface area contributed by atoms with Crippen molar-refractivity contribution < 1.29 is 14.6 Å². The lowest BCUT2D eigenvalue weighted by Crippen LogP contribution is -2.15. The van der Waals surface area contributed by atoms with Gasteiger partial charge >= 0.3 is 6.09 Å². The van der Waals surface area contributed by atoms with E-state index in [-0.39, 0.29) is 13.2 Å². The normalized spacial score (nSPS) is 10.4. The van der Waals surface area contributed by atoms with Crippen LogP contribution in [-0.2, 0) is 4.74 Å². The van der Waals surface area contributed by atoms with Gasteiger partial charge in [-0.05, 0) is 5.92 Å². The van der Waals surface area contributed by atoms with Gasteiger partial charge in [0.25, 0.3) is 0 Å². The number of ether oxygens (including phenoxy) is 1. The molecule has 0 unspecified atom stereocenters. The maximum absolute atomic E-state index is 11.1. The van der Waals surface area contributed by atoms with Gasteiger partial charge < -0.3 is 9.84 Å². The Morgan fingerprint density at radius 2 is 2.47 bits per heavy atom. The van der Waals surface area contributed by atoms with Gasteiger partial charge in [0, 0.05) is 11.8 Å². The van der Waals surface area contributed by atoms with Gasteiger partial charge in [-0.25, -0.2) is 4.79 Å². The van der Waals surface area contributed by atoms with Gasteiger partial charge in [0.15, 0.2) is 5.82 Å². The maximum Gasteiger partial charge on any atom is 0.412 e. The monoisotopic (exact) mass is 213 g/mol. The Bertz CT molecular complexity index is 322. The fourth-order valence-electron chi connectivity index (χ4n) is 0.975. The van der Waals surface area contributed by atoms with Gasteiger partial charge in [0.2, 0.25) is 0 Å². The molecule has 0 aromatic carbocycles. The summed E-state index contributed by atoms with van der Waals surface area (Å²) in [5.41, 5.74) is 0.937. The fraction of sp³-hybridized carbons (Fsp3) is 0.556. The van der Waals surface area contributed by atoms with Gasteiger partial charge in [-0.15, -0.1) is 0 Å². The topological polar surface area (TPSA) is 87.2 Å². The zero-order chi connectivity index (χ0) is 11.3. The molecule has 0 bridgehead atoms. The second kappa shape index (κ2) is 5.35. The third-order valence-corrected chi connectivity index (χ3v) is 1.77. The highest BCUT2D eigenvalue weighted by molar-refractivity contribution is 5.83. The first-order chi connectivity index (χ1) is 7.13. The number of aliphatic hydroxyl groups excluding tert-OH is 1. The largest absolute Gasteiger partial charge is 0.447 e. The number of H-pyrrole nitrogens is 1. The van der Waals surface area contributed by atoms with Crippen molar-refractivity contribution in [3.05, 3.63) is 11.8 Å². The number of nitrogens with one attached hydrogen (secondary N) is 2. The van der Waals surface area contributed by atoms with E-state index in [1.54, 1.807) is 6.07 Å². The van der Waals surface area contributed by atoms with Crippen LogP contribution in [0.25, 0.3) is 0 Å². The van der Waals surface area contributed by atoms with Crippen LogP contribution >= 0.6 is 0 Å². The first-order valence-electron chi connectivity index (χ1n) is 4.73. The molecule has 15 heavy (non-hydrogen) atoms. The van der Waals surface area contributed by atoms with Crippen molar-refractivity contribution in [1.29, 1.82) is 0 Å². The summed E-state index contributed by atoms with van der Waals surface area (Å²) in [4.78, 5) is 11.1. The number of aliphatic hydroxyl groups is 1. The number of nitrogens with zero attached hydrogens (tertiary/aromatic N) is 1. The van der Waals surface area contributed by atoms with E-state index in [0.29, 0.717) is 11.7 Å². The summed E-state index contributed by atoms with van der Waals surface area (Å²) in [5, 5.41) is 17.6. The van der Waals surface area contributed by atoms with E-state index in [1.165, 1.54) is 0 Å². The van der Waals surface area contributed by atoms with E-state index in [9.17, 15) is 4.79 Å². The number of rotatable bonds is 4. The predicted octanol–water partition coefficient (Wildman–Crippen LogP) is 1.07. The van der Waals surface area contributed by atoms with Crippen molar-refractivity contribution in [3.8, 4) is 0 Å². The minimum absolute atomic E-state index is 0.0205. The Balaban J connectivity index is 2.46. The molecule has 6 heteroatoms. The van der Waals surface area contributed by atoms with Crippen LogP contribution in [0.1, 0.15) is 25.5 Å². The van der Waals surface area contributed by atoms with E-state index in [4.69, 9.17) is 5.11 Å². The maximum atomic E-state index is 11.1. The molecule has 0 aliphatic carbocycles. The first-order valence-corrected chi connectivity index (χ1v) is 4.73. The van der Waals surface area contributed by atoms with Crippen molar-refractivity contribution in [2.24, 2.45) is 0 Å². The molecule has 0 spiro atoms. The van der Waals surface area contributed by atoms with Crippen LogP contribution in [0.4, 0.5) is 10.6 Å². The lowest BCUT2D eigenvalue weighted by atomic mass is 10.1. The molecule has 1 aromatic heterocycles. The number of hydrogen-bond donors (Lipinski definition) is 3. The second-order valence-electron chi connectivity index (χ2n) is 3.35. The van der Waals surface area contributed by atoms with Crippen molar-refractivity contribution in [1.82, 2.24) is 10.2 Å². The van der Waals surface area contributed by atoms with Gasteiger partial charge in [0.1, 0.15) is 6.61 Å². The lowest BCUT2D eigenvalue weighted by molar-refractivity contribution is 0.131. The molecule has 1 amide bonds. The molecule has 0 atom stereocenters. The molecule has 1 rings (SSSR count). The fourth-order valence-corrected chi connectivity index (χ4v) is 0.975. The molecule has 0 radical (unpaired) electrons. The summed E-state index contributed by atoms with van der Waals surface area (Å²) in [6.07, 6.45) is -0.620. The molecule has 0 fully saturated rings. The summed E-state index contributed by atoms with van der Waals surface area (Å²) in [5.74, 6) is 0.739. The number of hydrogen-bond acceptors (Lipinski definition) is 4. The Labute approximate surface area is 87.6 Å². The number of aromatic amines is 1. The van der Waals surface area contributed by atoms with Crippen LogP contribution in [0.2, 0.25) is 0 Å². The van der Waals surface area contributed by atoms with Crippen molar-refractivity contribution in [2.75, 3.05) is 18.5 Å². The Hall–Kier alpha value is -1.56. The van der Waals surface area contributed by atoms with Gasteiger partial charge in [0.05, 0.1) is 6.61 Å². The van der Waals surface area contributed by atoms with Crippen molar-refractivity contribution in [2.45, 2.75) is 19.8 Å². The highest BCUT2D eigenvalue weighted by Crippen LogP contribution is 2.14. The zero-order valence-electron chi connectivity index (χ0n) is 8.78. The van der Waals surface area contributed by atoms with Crippen LogP contribution < -0.4 is 5.32 Å². The van der Waals surface area contributed by atoms with E-state index in [0.717, 1.165) is 5.69 Å². The summed E-state index contributed by atoms with van der Waals surface area (Å²) >= 11 is 0. The first kappa shape index (κ1) is 11.5. The Kier molecular flexibility index (Phi) is 4.11. The molecule has 0 aliphatic rings. The summed E-state index contributed by atoms with van der Waals surface area (Å²) in [6.45, 7) is 3.82. The van der Waals surface area contributed by atoms with E-state index in [1.807, 2.05) is 13.8 Å². The summed E-state index contributed by atoms with van der Waals surface area (Å²) in [7, 11) is 0. The van der Waals surface area contributed by atoms with Crippen LogP contribution in [0.3, 0.4) is 0 Å². The van der Waals surface area contributed by atoms with Crippen LogP contribution in [0.15, 0.2) is 6.07 Å². The van der Waals surface area contributed by atoms with Crippen molar-refractivity contribution >= 4 is 11.9 Å². The minimum Gasteiger partial charge on any atom is -0.447 e. The smallest absolute Gasteiger partial charge is 0.412 e. The van der Waals surface area contributed by atoms with Gasteiger partial charge in [-0.2, -0.15) is 5.10 Å². The van der Waals surface area contributed by atoms with Crippen LogP contribution in [-0.4, -0.2) is 34.6 Å². The summed E-state index contributed by atoms with van der Waals surface area (Å²) < 4.78 is 4.61. The molecule has 3 N–H and O–H groups in total. The molecule has 0 aliphatic heterocycles. The Morgan fingerprint density at radius 3 is 3.00 bits per heavy atom. The highest BCUT2D eigenvalue weighted by Gasteiger charge is 2.08. The van der Waals surface area contributed by atoms with E-state index in [2.05, 4.69) is 20.3 Å². The predicted molar refractivity (Wildman–Crippen MR) is 54.7 cm³/mol. The highest BCUT2D eigenvalue weighted by atomic mass is 16.6. The third kappa shape index (κ3) is 3.59. The molecule has 6 nitrogen and oxygen atoms in total. The molecule has 84 valence electrons. The number of aromatic nitrogens is 2. The minimum atomic E-state index is -0.620. The quantitative estimate of drug-likeness (QED) is 0.698. The van der Waals surface area contributed by atoms with Gasteiger partial charge in [-0.1, -0.05) is 13.8 Å². The number of amides is 1. The van der Waals surface area contributed by atoms with E-state index < -0.39 is 6.09 Å². The second-order valence-corrected chi connectivity index (χ2v) is 3.35. The van der Waals surface area contributed by atoms with Crippen molar-refractivity contribution in [3.63, 3.8) is 0 Å². The third-order valence-electron chi connectivity index (χ3n) is 1.77. The molecular formula is C9H15N3O3. The molecule has 0 saturated heterocycles. The molecule has 0 saturated carbocycles. The van der Waals surface area contributed by atoms with Gasteiger partial charge in [-0.3, -0.25) is 10.4 Å². The standard InChI is InChI=1S/C9H15N3O3/c1-6(2)7-5-8(12-11-7)10-9(14)15-4-3-13/h5-6,13H,3-4H2,1-2H3,(H2,10,11,12,14). The van der Waals surface area contributed by atoms with Crippen LogP contribution in [0, 0.1) is 0 Å². The molecule has 1 heterocycles. The SMILES string of the molecule is CC(C)c1cc(NC(=O)OCCO)n[nH]1. The summed E-state index contributed by atoms with van der Waals surface area (Å²) in [6, 6.07) is 1.74. The molecular weight excluding hydrogens is 198 g/mol. The van der Waals surface area contributed by atoms with Crippen LogP contribution in [0.5, 0.6) is 0 Å². The number of carbonyl (C=O) groups is 1. The number of carbonyl (C=O) groups excluding carboxylic acids is 1. The lowest BCUT2D eigenvalue weighted by Gasteiger charge is -2.01.